The molecule has 0 saturated carbocycles. The van der Waals surface area contributed by atoms with Gasteiger partial charge in [-0.1, -0.05) is 19.9 Å². The summed E-state index contributed by atoms with van der Waals surface area (Å²) in [6.45, 7) is 7.54. The van der Waals surface area contributed by atoms with Crippen molar-refractivity contribution >= 4 is 6.21 Å². The average Bonchev–Trinajstić information content (AvgIpc) is 2.89. The molecule has 0 amide bonds. The third-order valence-corrected chi connectivity index (χ3v) is 3.50. The monoisotopic (exact) mass is 258 g/mol. The van der Waals surface area contributed by atoms with E-state index < -0.39 is 0 Å². The predicted molar refractivity (Wildman–Crippen MR) is 78.9 cm³/mol. The number of rotatable bonds is 4. The van der Waals surface area contributed by atoms with E-state index in [0.29, 0.717) is 12.0 Å². The summed E-state index contributed by atoms with van der Waals surface area (Å²) in [4.78, 5) is 4.19. The first-order valence-corrected chi connectivity index (χ1v) is 6.79. The van der Waals surface area contributed by atoms with E-state index in [1.54, 1.807) is 12.4 Å². The van der Waals surface area contributed by atoms with Gasteiger partial charge in [-0.2, -0.15) is 5.10 Å². The van der Waals surface area contributed by atoms with E-state index in [1.807, 2.05) is 18.2 Å². The molecule has 1 aliphatic heterocycles. The lowest BCUT2D eigenvalue weighted by molar-refractivity contribution is 0.455. The van der Waals surface area contributed by atoms with Crippen LogP contribution in [0.3, 0.4) is 0 Å². The second kappa shape index (κ2) is 6.48. The van der Waals surface area contributed by atoms with Crippen LogP contribution in [0, 0.1) is 5.92 Å². The number of hydrogen-bond donors (Lipinski definition) is 2. The fourth-order valence-corrected chi connectivity index (χ4v) is 2.15. The summed E-state index contributed by atoms with van der Waals surface area (Å²) in [6, 6.07) is 6.37. The van der Waals surface area contributed by atoms with Gasteiger partial charge in [0.1, 0.15) is 0 Å². The van der Waals surface area contributed by atoms with Gasteiger partial charge in [0.2, 0.25) is 0 Å². The lowest BCUT2D eigenvalue weighted by atomic mass is 10.0. The Hall–Kier alpha value is -1.68. The number of nitrogens with zero attached hydrogens (tertiary/aromatic N) is 2. The van der Waals surface area contributed by atoms with Crippen LogP contribution in [0.2, 0.25) is 0 Å². The van der Waals surface area contributed by atoms with Gasteiger partial charge in [-0.15, -0.1) is 0 Å². The van der Waals surface area contributed by atoms with Crippen LogP contribution < -0.4 is 10.7 Å². The van der Waals surface area contributed by atoms with Crippen LogP contribution in [0.15, 0.2) is 40.8 Å². The number of hydrogen-bond acceptors (Lipinski definition) is 4. The van der Waals surface area contributed by atoms with Gasteiger partial charge >= 0.3 is 0 Å². The van der Waals surface area contributed by atoms with Crippen molar-refractivity contribution in [2.24, 2.45) is 11.0 Å². The number of aromatic nitrogens is 1. The highest BCUT2D eigenvalue weighted by molar-refractivity contribution is 5.76. The number of allylic oxidation sites excluding steroid dienone is 1. The Balaban J connectivity index is 1.91. The molecule has 4 nitrogen and oxygen atoms in total. The standard InChI is InChI=1S/C15H22N4/c1-11(2)15-8-13(9-17-15)12(3)19-18-10-14-6-4-5-7-16-14/h4-7,10-11,15,17,19H,8-9H2,1-3H3/t15-/m0/s1. The van der Waals surface area contributed by atoms with E-state index in [4.69, 9.17) is 0 Å². The van der Waals surface area contributed by atoms with Crippen LogP contribution in [0.1, 0.15) is 32.9 Å². The molecule has 2 rings (SSSR count). The second-order valence-electron chi connectivity index (χ2n) is 5.29. The number of nitrogens with one attached hydrogen (secondary N) is 2. The first-order chi connectivity index (χ1) is 9.16. The topological polar surface area (TPSA) is 49.3 Å². The average molecular weight is 258 g/mol. The molecule has 0 bridgehead atoms. The van der Waals surface area contributed by atoms with Gasteiger partial charge in [0.25, 0.3) is 0 Å². The zero-order valence-electron chi connectivity index (χ0n) is 11.9. The fourth-order valence-electron chi connectivity index (χ4n) is 2.15. The molecule has 19 heavy (non-hydrogen) atoms. The maximum absolute atomic E-state index is 4.23. The summed E-state index contributed by atoms with van der Waals surface area (Å²) in [5.41, 5.74) is 6.52. The minimum atomic E-state index is 0.589. The molecule has 1 aromatic rings. The van der Waals surface area contributed by atoms with Gasteiger partial charge in [-0.25, -0.2) is 0 Å². The Bertz CT molecular complexity index is 462. The molecule has 0 radical (unpaired) electrons. The van der Waals surface area contributed by atoms with Crippen LogP contribution in [0.25, 0.3) is 0 Å². The van der Waals surface area contributed by atoms with E-state index in [2.05, 4.69) is 41.6 Å². The predicted octanol–water partition coefficient (Wildman–Crippen LogP) is 2.30. The van der Waals surface area contributed by atoms with Gasteiger partial charge < -0.3 is 5.32 Å². The number of hydrazone groups is 1. The van der Waals surface area contributed by atoms with Crippen LogP contribution in [-0.4, -0.2) is 23.8 Å². The largest absolute Gasteiger partial charge is 0.310 e. The molecule has 4 heteroatoms. The quantitative estimate of drug-likeness (QED) is 0.643. The van der Waals surface area contributed by atoms with E-state index in [0.717, 1.165) is 24.4 Å². The van der Waals surface area contributed by atoms with Gasteiger partial charge in [-0.3, -0.25) is 10.4 Å². The number of pyridine rings is 1. The Kier molecular flexibility index (Phi) is 4.68. The van der Waals surface area contributed by atoms with Crippen molar-refractivity contribution < 1.29 is 0 Å². The van der Waals surface area contributed by atoms with E-state index in [-0.39, 0.29) is 0 Å². The van der Waals surface area contributed by atoms with Crippen molar-refractivity contribution in [3.63, 3.8) is 0 Å². The van der Waals surface area contributed by atoms with Crippen molar-refractivity contribution in [3.05, 3.63) is 41.4 Å². The SMILES string of the molecule is CC(NN=Cc1ccccn1)=C1CN[C@H](C(C)C)C1. The second-order valence-corrected chi connectivity index (χ2v) is 5.29. The lowest BCUT2D eigenvalue weighted by Crippen LogP contribution is -2.26. The molecular formula is C15H22N4. The van der Waals surface area contributed by atoms with Crippen LogP contribution >= 0.6 is 0 Å². The van der Waals surface area contributed by atoms with Crippen LogP contribution in [-0.2, 0) is 0 Å². The third-order valence-electron chi connectivity index (χ3n) is 3.50. The highest BCUT2D eigenvalue weighted by Gasteiger charge is 2.22. The normalized spacial score (nSPS) is 22.2. The highest BCUT2D eigenvalue weighted by atomic mass is 15.3. The van der Waals surface area contributed by atoms with Gasteiger partial charge in [0.05, 0.1) is 11.9 Å². The van der Waals surface area contributed by atoms with Crippen molar-refractivity contribution in [2.75, 3.05) is 6.54 Å². The van der Waals surface area contributed by atoms with Crippen molar-refractivity contribution in [1.29, 1.82) is 0 Å². The molecule has 0 aromatic carbocycles. The smallest absolute Gasteiger partial charge is 0.0830 e. The zero-order chi connectivity index (χ0) is 13.7. The van der Waals surface area contributed by atoms with Crippen molar-refractivity contribution in [3.8, 4) is 0 Å². The van der Waals surface area contributed by atoms with E-state index in [1.165, 1.54) is 5.57 Å². The molecule has 0 aliphatic carbocycles. The molecule has 1 saturated heterocycles. The molecule has 0 unspecified atom stereocenters. The third kappa shape index (κ3) is 3.89. The molecule has 1 atom stereocenters. The van der Waals surface area contributed by atoms with Gasteiger partial charge in [-0.05, 0) is 37.0 Å². The molecule has 2 heterocycles. The first kappa shape index (κ1) is 13.7. The molecule has 1 aliphatic rings. The van der Waals surface area contributed by atoms with Gasteiger partial charge in [0, 0.05) is 24.5 Å². The minimum absolute atomic E-state index is 0.589. The van der Waals surface area contributed by atoms with Crippen molar-refractivity contribution in [1.82, 2.24) is 15.7 Å². The Morgan fingerprint density at radius 1 is 1.53 bits per heavy atom. The highest BCUT2D eigenvalue weighted by Crippen LogP contribution is 2.20. The molecular weight excluding hydrogens is 236 g/mol. The molecule has 0 spiro atoms. The summed E-state index contributed by atoms with van der Waals surface area (Å²) < 4.78 is 0. The summed E-state index contributed by atoms with van der Waals surface area (Å²) >= 11 is 0. The minimum Gasteiger partial charge on any atom is -0.310 e. The summed E-state index contributed by atoms with van der Waals surface area (Å²) in [7, 11) is 0. The molecule has 2 N–H and O–H groups in total. The zero-order valence-corrected chi connectivity index (χ0v) is 11.9. The van der Waals surface area contributed by atoms with Crippen molar-refractivity contribution in [2.45, 2.75) is 33.2 Å². The first-order valence-electron chi connectivity index (χ1n) is 6.79. The Morgan fingerprint density at radius 2 is 2.37 bits per heavy atom. The Labute approximate surface area is 115 Å². The summed E-state index contributed by atoms with van der Waals surface area (Å²) in [5, 5.41) is 7.77. The maximum Gasteiger partial charge on any atom is 0.0830 e. The Morgan fingerprint density at radius 3 is 3.00 bits per heavy atom. The van der Waals surface area contributed by atoms with Gasteiger partial charge in [0.15, 0.2) is 0 Å². The van der Waals surface area contributed by atoms with E-state index >= 15 is 0 Å². The molecule has 1 aromatic heterocycles. The summed E-state index contributed by atoms with van der Waals surface area (Å²) in [5.74, 6) is 0.669. The van der Waals surface area contributed by atoms with Crippen LogP contribution in [0.5, 0.6) is 0 Å². The molecule has 1 fully saturated rings. The summed E-state index contributed by atoms with van der Waals surface area (Å²) in [6.07, 6.45) is 4.61. The maximum atomic E-state index is 4.23. The lowest BCUT2D eigenvalue weighted by Gasteiger charge is -2.13. The van der Waals surface area contributed by atoms with Crippen LogP contribution in [0.4, 0.5) is 0 Å². The molecule has 102 valence electrons. The fraction of sp³-hybridized carbons (Fsp3) is 0.467. The van der Waals surface area contributed by atoms with E-state index in [9.17, 15) is 0 Å².